The summed E-state index contributed by atoms with van der Waals surface area (Å²) in [7, 11) is 6.40. The Kier molecular flexibility index (Phi) is 6.92. The van der Waals surface area contributed by atoms with E-state index in [1.54, 1.807) is 28.4 Å². The number of anilines is 1. The van der Waals surface area contributed by atoms with Crippen molar-refractivity contribution in [2.24, 2.45) is 0 Å². The third-order valence-corrected chi connectivity index (χ3v) is 5.68. The molecule has 2 heterocycles. The van der Waals surface area contributed by atoms with Crippen molar-refractivity contribution in [1.29, 1.82) is 0 Å². The summed E-state index contributed by atoms with van der Waals surface area (Å²) in [6, 6.07) is 3.77. The van der Waals surface area contributed by atoms with Gasteiger partial charge in [0.05, 0.1) is 34.5 Å². The van der Waals surface area contributed by atoms with Gasteiger partial charge >= 0.3 is 0 Å². The molecule has 9 heteroatoms. The Balaban J connectivity index is 2.05. The van der Waals surface area contributed by atoms with Gasteiger partial charge in [0, 0.05) is 25.5 Å². The van der Waals surface area contributed by atoms with Crippen LogP contribution in [0.4, 0.5) is 10.8 Å². The second kappa shape index (κ2) is 9.61. The SMILES string of the molecule is [C-]#[N+]c1sc2nc(Cc3cc(OC)c(OC)c(OC)c3)nc(NCCOC)c2c1C. The molecule has 0 amide bonds. The van der Waals surface area contributed by atoms with Crippen LogP contribution < -0.4 is 19.5 Å². The van der Waals surface area contributed by atoms with Crippen molar-refractivity contribution < 1.29 is 18.9 Å². The summed E-state index contributed by atoms with van der Waals surface area (Å²) in [6.45, 7) is 10.5. The maximum Gasteiger partial charge on any atom is 0.246 e. The van der Waals surface area contributed by atoms with Crippen LogP contribution in [0.5, 0.6) is 17.2 Å². The van der Waals surface area contributed by atoms with Crippen molar-refractivity contribution >= 4 is 32.4 Å². The molecule has 0 unspecified atom stereocenters. The normalized spacial score (nSPS) is 10.7. The van der Waals surface area contributed by atoms with Gasteiger partial charge in [0.25, 0.3) is 0 Å². The molecule has 0 aliphatic carbocycles. The fraction of sp³-hybridized carbons (Fsp3) is 0.381. The zero-order valence-corrected chi connectivity index (χ0v) is 18.5. The maximum absolute atomic E-state index is 7.42. The van der Waals surface area contributed by atoms with Crippen molar-refractivity contribution in [3.63, 3.8) is 0 Å². The fourth-order valence-corrected chi connectivity index (χ4v) is 4.16. The highest BCUT2D eigenvalue weighted by Gasteiger charge is 2.18. The second-order valence-corrected chi connectivity index (χ2v) is 7.42. The van der Waals surface area contributed by atoms with Crippen molar-refractivity contribution in [2.75, 3.05) is 46.9 Å². The number of nitrogens with one attached hydrogen (secondary N) is 1. The highest BCUT2D eigenvalue weighted by Crippen LogP contribution is 2.41. The van der Waals surface area contributed by atoms with Crippen LogP contribution in [0.15, 0.2) is 12.1 Å². The van der Waals surface area contributed by atoms with Gasteiger partial charge in [0.15, 0.2) is 11.5 Å². The predicted molar refractivity (Wildman–Crippen MR) is 118 cm³/mol. The molecule has 3 rings (SSSR count). The van der Waals surface area contributed by atoms with E-state index in [9.17, 15) is 0 Å². The number of fused-ring (bicyclic) bond motifs is 1. The van der Waals surface area contributed by atoms with Crippen LogP contribution >= 0.6 is 11.3 Å². The third-order valence-electron chi connectivity index (χ3n) is 4.60. The lowest BCUT2D eigenvalue weighted by Crippen LogP contribution is -2.11. The summed E-state index contributed by atoms with van der Waals surface area (Å²) in [5, 5.41) is 4.82. The maximum atomic E-state index is 7.42. The van der Waals surface area contributed by atoms with Crippen molar-refractivity contribution in [3.05, 3.63) is 40.5 Å². The number of benzene rings is 1. The monoisotopic (exact) mass is 428 g/mol. The van der Waals surface area contributed by atoms with E-state index >= 15 is 0 Å². The predicted octanol–water partition coefficient (Wildman–Crippen LogP) is 4.23. The van der Waals surface area contributed by atoms with Gasteiger partial charge in [0.1, 0.15) is 16.5 Å². The highest BCUT2D eigenvalue weighted by atomic mass is 32.1. The summed E-state index contributed by atoms with van der Waals surface area (Å²) in [4.78, 5) is 13.9. The van der Waals surface area contributed by atoms with Crippen molar-refractivity contribution in [1.82, 2.24) is 9.97 Å². The molecule has 0 spiro atoms. The molecule has 0 saturated heterocycles. The van der Waals surface area contributed by atoms with Crippen LogP contribution in [-0.2, 0) is 11.2 Å². The summed E-state index contributed by atoms with van der Waals surface area (Å²) in [5.74, 6) is 3.04. The third kappa shape index (κ3) is 4.25. The number of aromatic nitrogens is 2. The average Bonchev–Trinajstić information content (AvgIpc) is 3.08. The number of methoxy groups -OCH3 is 4. The topological polar surface area (TPSA) is 79.1 Å². The quantitative estimate of drug-likeness (QED) is 0.404. The zero-order valence-electron chi connectivity index (χ0n) is 17.7. The Morgan fingerprint density at radius 2 is 1.77 bits per heavy atom. The summed E-state index contributed by atoms with van der Waals surface area (Å²) in [6.07, 6.45) is 0.468. The first-order valence-electron chi connectivity index (χ1n) is 9.25. The first-order chi connectivity index (χ1) is 14.6. The minimum absolute atomic E-state index is 0.468. The molecule has 0 radical (unpaired) electrons. The number of hydrogen-bond donors (Lipinski definition) is 1. The molecule has 0 saturated carbocycles. The molecular weight excluding hydrogens is 404 g/mol. The van der Waals surface area contributed by atoms with Crippen LogP contribution in [0.25, 0.3) is 15.1 Å². The fourth-order valence-electron chi connectivity index (χ4n) is 3.18. The van der Waals surface area contributed by atoms with Crippen LogP contribution in [0.1, 0.15) is 17.0 Å². The summed E-state index contributed by atoms with van der Waals surface area (Å²) < 4.78 is 21.4. The first-order valence-corrected chi connectivity index (χ1v) is 10.1. The second-order valence-electron chi connectivity index (χ2n) is 6.44. The van der Waals surface area contributed by atoms with E-state index in [0.29, 0.717) is 53.5 Å². The number of nitrogens with zero attached hydrogens (tertiary/aromatic N) is 3. The molecule has 1 N–H and O–H groups in total. The van der Waals surface area contributed by atoms with E-state index in [1.807, 2.05) is 19.1 Å². The van der Waals surface area contributed by atoms with E-state index in [4.69, 9.17) is 35.5 Å². The van der Waals surface area contributed by atoms with Gasteiger partial charge in [-0.2, -0.15) is 0 Å². The van der Waals surface area contributed by atoms with Crippen molar-refractivity contribution in [3.8, 4) is 17.2 Å². The van der Waals surface area contributed by atoms with Gasteiger partial charge in [-0.15, -0.1) is 11.3 Å². The molecule has 0 atom stereocenters. The van der Waals surface area contributed by atoms with E-state index in [2.05, 4.69) is 10.2 Å². The minimum atomic E-state index is 0.468. The lowest BCUT2D eigenvalue weighted by atomic mass is 10.1. The Hall–Kier alpha value is -3.09. The highest BCUT2D eigenvalue weighted by molar-refractivity contribution is 7.22. The molecule has 2 aromatic heterocycles. The Bertz CT molecular complexity index is 1070. The number of thiophene rings is 1. The molecule has 0 aliphatic rings. The summed E-state index contributed by atoms with van der Waals surface area (Å²) >= 11 is 1.38. The van der Waals surface area contributed by atoms with Crippen LogP contribution in [0, 0.1) is 13.5 Å². The number of rotatable bonds is 9. The van der Waals surface area contributed by atoms with Gasteiger partial charge in [-0.1, -0.05) is 0 Å². The molecule has 158 valence electrons. The van der Waals surface area contributed by atoms with Gasteiger partial charge in [-0.05, 0) is 30.2 Å². The van der Waals surface area contributed by atoms with Gasteiger partial charge in [-0.25, -0.2) is 14.8 Å². The smallest absolute Gasteiger partial charge is 0.246 e. The van der Waals surface area contributed by atoms with Gasteiger partial charge in [-0.3, -0.25) is 0 Å². The van der Waals surface area contributed by atoms with Crippen LogP contribution in [-0.4, -0.2) is 51.6 Å². The lowest BCUT2D eigenvalue weighted by molar-refractivity contribution is 0.210. The minimum Gasteiger partial charge on any atom is -0.493 e. The molecule has 0 fully saturated rings. The number of aryl methyl sites for hydroxylation is 1. The molecule has 30 heavy (non-hydrogen) atoms. The lowest BCUT2D eigenvalue weighted by Gasteiger charge is -2.14. The van der Waals surface area contributed by atoms with Crippen LogP contribution in [0.3, 0.4) is 0 Å². The van der Waals surface area contributed by atoms with E-state index < -0.39 is 0 Å². The molecule has 0 aliphatic heterocycles. The molecule has 0 bridgehead atoms. The number of hydrogen-bond acceptors (Lipinski definition) is 8. The molecule has 8 nitrogen and oxygen atoms in total. The molecular formula is C21H24N4O4S. The van der Waals surface area contributed by atoms with E-state index in [-0.39, 0.29) is 0 Å². The van der Waals surface area contributed by atoms with Crippen LogP contribution in [0.2, 0.25) is 0 Å². The van der Waals surface area contributed by atoms with E-state index in [1.165, 1.54) is 11.3 Å². The van der Waals surface area contributed by atoms with Crippen molar-refractivity contribution in [2.45, 2.75) is 13.3 Å². The zero-order chi connectivity index (χ0) is 21.7. The van der Waals surface area contributed by atoms with Gasteiger partial charge < -0.3 is 24.3 Å². The average molecular weight is 429 g/mol. The summed E-state index contributed by atoms with van der Waals surface area (Å²) in [5.41, 5.74) is 1.81. The van der Waals surface area contributed by atoms with E-state index in [0.717, 1.165) is 21.3 Å². The standard InChI is InChI=1S/C21H24N4O4S/c1-12-17-19(23-7-8-26-3)24-16(25-21(17)30-20(12)22-2)11-13-9-14(27-4)18(29-6)15(10-13)28-5/h9-10H,7-8,11H2,1,3-6H3,(H,23,24,25). The molecule has 3 aromatic rings. The first kappa shape index (κ1) is 21.6. The molecule has 1 aromatic carbocycles. The number of ether oxygens (including phenoxy) is 4. The Morgan fingerprint density at radius 3 is 2.33 bits per heavy atom. The largest absolute Gasteiger partial charge is 0.493 e. The Morgan fingerprint density at radius 1 is 1.07 bits per heavy atom. The Labute approximate surface area is 179 Å². The van der Waals surface area contributed by atoms with Gasteiger partial charge in [0.2, 0.25) is 10.8 Å².